The van der Waals surface area contributed by atoms with E-state index in [1.165, 1.54) is 6.92 Å². The smallest absolute Gasteiger partial charge is 0.365 e. The predicted molar refractivity (Wildman–Crippen MR) is 93.2 cm³/mol. The average molecular weight is 350 g/mol. The van der Waals surface area contributed by atoms with E-state index >= 15 is 0 Å². The highest BCUT2D eigenvalue weighted by molar-refractivity contribution is 7.62. The van der Waals surface area contributed by atoms with Gasteiger partial charge in [0.05, 0.1) is 18.8 Å². The van der Waals surface area contributed by atoms with Gasteiger partial charge in [0.15, 0.2) is 5.78 Å². The fourth-order valence-electron chi connectivity index (χ4n) is 2.70. The lowest BCUT2D eigenvalue weighted by molar-refractivity contribution is 0.101. The van der Waals surface area contributed by atoms with E-state index in [4.69, 9.17) is 13.5 Å². The Kier molecular flexibility index (Phi) is 6.16. The van der Waals surface area contributed by atoms with E-state index in [1.807, 2.05) is 30.3 Å². The Hall–Kier alpha value is -1.68. The van der Waals surface area contributed by atoms with Crippen LogP contribution in [0.15, 0.2) is 34.7 Å². The zero-order valence-electron chi connectivity index (χ0n) is 14.5. The van der Waals surface area contributed by atoms with E-state index in [1.54, 1.807) is 20.8 Å². The first-order valence-electron chi connectivity index (χ1n) is 7.99. The van der Waals surface area contributed by atoms with Gasteiger partial charge in [-0.05, 0) is 33.3 Å². The van der Waals surface area contributed by atoms with Crippen molar-refractivity contribution in [3.05, 3.63) is 53.0 Å². The molecule has 0 amide bonds. The highest BCUT2D eigenvalue weighted by atomic mass is 31.2. The minimum absolute atomic E-state index is 0.212. The highest BCUT2D eigenvalue weighted by Gasteiger charge is 2.38. The third-order valence-electron chi connectivity index (χ3n) is 3.56. The van der Waals surface area contributed by atoms with Crippen LogP contribution >= 0.6 is 7.60 Å². The highest BCUT2D eigenvalue weighted by Crippen LogP contribution is 2.50. The first-order chi connectivity index (χ1) is 11.4. The Balaban J connectivity index is 2.61. The van der Waals surface area contributed by atoms with Crippen molar-refractivity contribution in [2.75, 3.05) is 13.2 Å². The van der Waals surface area contributed by atoms with Gasteiger partial charge in [-0.3, -0.25) is 9.36 Å². The first kappa shape index (κ1) is 18.7. The van der Waals surface area contributed by atoms with Crippen LogP contribution in [0.2, 0.25) is 0 Å². The largest absolute Gasteiger partial charge is 0.464 e. The molecule has 0 fully saturated rings. The number of furan rings is 1. The Labute approximate surface area is 142 Å². The molecule has 0 bridgehead atoms. The Bertz CT molecular complexity index is 738. The molecule has 0 atom stereocenters. The van der Waals surface area contributed by atoms with Crippen LogP contribution in [0, 0.1) is 6.92 Å². The molecule has 0 radical (unpaired) electrons. The van der Waals surface area contributed by atoms with Crippen molar-refractivity contribution in [3.8, 4) is 0 Å². The zero-order chi connectivity index (χ0) is 17.7. The van der Waals surface area contributed by atoms with E-state index in [9.17, 15) is 9.36 Å². The molecule has 1 aromatic carbocycles. The van der Waals surface area contributed by atoms with Gasteiger partial charge in [-0.25, -0.2) is 0 Å². The Morgan fingerprint density at radius 3 is 2.21 bits per heavy atom. The predicted octanol–water partition coefficient (Wildman–Crippen LogP) is 4.27. The van der Waals surface area contributed by atoms with Gasteiger partial charge in [0.1, 0.15) is 16.8 Å². The van der Waals surface area contributed by atoms with Crippen molar-refractivity contribution in [1.82, 2.24) is 0 Å². The van der Waals surface area contributed by atoms with Gasteiger partial charge in [-0.1, -0.05) is 30.3 Å². The SMILES string of the molecule is CCOP(=O)(OCC)c1c(Cc2ccccc2)oc(C)c1C(C)=O. The minimum atomic E-state index is -3.63. The van der Waals surface area contributed by atoms with Crippen LogP contribution in [-0.2, 0) is 20.0 Å². The third-order valence-corrected chi connectivity index (χ3v) is 5.78. The quantitative estimate of drug-likeness (QED) is 0.525. The van der Waals surface area contributed by atoms with Crippen molar-refractivity contribution in [1.29, 1.82) is 0 Å². The maximum atomic E-state index is 13.3. The number of hydrogen-bond donors (Lipinski definition) is 0. The zero-order valence-corrected chi connectivity index (χ0v) is 15.4. The molecular formula is C18H23O5P. The molecule has 0 aliphatic rings. The molecule has 0 aliphatic heterocycles. The van der Waals surface area contributed by atoms with Crippen molar-refractivity contribution < 1.29 is 22.8 Å². The summed E-state index contributed by atoms with van der Waals surface area (Å²) in [6, 6.07) is 9.65. The summed E-state index contributed by atoms with van der Waals surface area (Å²) in [5, 5.41) is 0.264. The third kappa shape index (κ3) is 3.86. The number of Topliss-reactive ketones (excluding diaryl/α,β-unsaturated/α-hetero) is 1. The van der Waals surface area contributed by atoms with E-state index < -0.39 is 7.60 Å². The maximum Gasteiger partial charge on any atom is 0.365 e. The molecule has 24 heavy (non-hydrogen) atoms. The number of benzene rings is 1. The second-order valence-electron chi connectivity index (χ2n) is 5.36. The summed E-state index contributed by atoms with van der Waals surface area (Å²) in [5.74, 6) is 0.669. The second-order valence-corrected chi connectivity index (χ2v) is 7.32. The fraction of sp³-hybridized carbons (Fsp3) is 0.389. The Morgan fingerprint density at radius 2 is 1.71 bits per heavy atom. The number of ketones is 1. The molecular weight excluding hydrogens is 327 g/mol. The summed E-state index contributed by atoms with van der Waals surface area (Å²) in [5.41, 5.74) is 1.29. The first-order valence-corrected chi connectivity index (χ1v) is 9.54. The van der Waals surface area contributed by atoms with Gasteiger partial charge < -0.3 is 13.5 Å². The molecule has 0 aliphatic carbocycles. The molecule has 1 heterocycles. The van der Waals surface area contributed by atoms with E-state index in [0.717, 1.165) is 5.56 Å². The molecule has 0 N–H and O–H groups in total. The lowest BCUT2D eigenvalue weighted by Crippen LogP contribution is -2.19. The van der Waals surface area contributed by atoms with Gasteiger partial charge in [0.25, 0.3) is 0 Å². The second kappa shape index (κ2) is 7.93. The summed E-state index contributed by atoms with van der Waals surface area (Å²) >= 11 is 0. The standard InChI is InChI=1S/C18H23O5P/c1-5-21-24(20,22-6-2)18-16(12-15-10-8-7-9-11-15)23-14(4)17(18)13(3)19/h7-11H,5-6,12H2,1-4H3. The molecule has 2 rings (SSSR count). The molecule has 6 heteroatoms. The molecule has 0 unspecified atom stereocenters. The van der Waals surface area contributed by atoms with Crippen molar-refractivity contribution in [2.45, 2.75) is 34.1 Å². The van der Waals surface area contributed by atoms with Gasteiger partial charge in [-0.15, -0.1) is 0 Å². The van der Waals surface area contributed by atoms with E-state index in [0.29, 0.717) is 23.5 Å². The van der Waals surface area contributed by atoms with Gasteiger partial charge in [0, 0.05) is 6.42 Å². The van der Waals surface area contributed by atoms with E-state index in [-0.39, 0.29) is 24.3 Å². The monoisotopic (exact) mass is 350 g/mol. The summed E-state index contributed by atoms with van der Waals surface area (Å²) in [6.07, 6.45) is 0.411. The van der Waals surface area contributed by atoms with Gasteiger partial charge in [0.2, 0.25) is 0 Å². The lowest BCUT2D eigenvalue weighted by atomic mass is 10.1. The van der Waals surface area contributed by atoms with Crippen LogP contribution in [0.3, 0.4) is 0 Å². The van der Waals surface area contributed by atoms with Crippen molar-refractivity contribution in [3.63, 3.8) is 0 Å². The number of aryl methyl sites for hydroxylation is 1. The molecule has 2 aromatic rings. The number of hydrogen-bond acceptors (Lipinski definition) is 5. The van der Waals surface area contributed by atoms with Gasteiger partial charge in [-0.2, -0.15) is 0 Å². The van der Waals surface area contributed by atoms with Crippen LogP contribution in [0.25, 0.3) is 0 Å². The molecule has 5 nitrogen and oxygen atoms in total. The van der Waals surface area contributed by atoms with Crippen molar-refractivity contribution in [2.24, 2.45) is 0 Å². The maximum absolute atomic E-state index is 13.3. The summed E-state index contributed by atoms with van der Waals surface area (Å²) in [7, 11) is -3.63. The number of carbonyl (C=O) groups excluding carboxylic acids is 1. The van der Waals surface area contributed by atoms with Crippen LogP contribution in [0.1, 0.15) is 48.2 Å². The Morgan fingerprint density at radius 1 is 1.12 bits per heavy atom. The molecule has 130 valence electrons. The number of rotatable bonds is 8. The van der Waals surface area contributed by atoms with Crippen LogP contribution < -0.4 is 5.30 Å². The summed E-state index contributed by atoms with van der Waals surface area (Å²) in [4.78, 5) is 12.1. The van der Waals surface area contributed by atoms with Crippen molar-refractivity contribution >= 4 is 18.7 Å². The molecule has 0 saturated carbocycles. The van der Waals surface area contributed by atoms with Gasteiger partial charge >= 0.3 is 7.60 Å². The fourth-order valence-corrected chi connectivity index (χ4v) is 4.73. The summed E-state index contributed by atoms with van der Waals surface area (Å²) in [6.45, 7) is 7.02. The van der Waals surface area contributed by atoms with E-state index in [2.05, 4.69) is 0 Å². The molecule has 1 aromatic heterocycles. The minimum Gasteiger partial charge on any atom is -0.464 e. The van der Waals surface area contributed by atoms with Crippen LogP contribution in [0.5, 0.6) is 0 Å². The van der Waals surface area contributed by atoms with Crippen LogP contribution in [-0.4, -0.2) is 19.0 Å². The average Bonchev–Trinajstić information content (AvgIpc) is 2.85. The normalized spacial score (nSPS) is 11.7. The lowest BCUT2D eigenvalue weighted by Gasteiger charge is -2.18. The summed E-state index contributed by atoms with van der Waals surface area (Å²) < 4.78 is 30.0. The molecule has 0 saturated heterocycles. The molecule has 0 spiro atoms. The van der Waals surface area contributed by atoms with Crippen LogP contribution in [0.4, 0.5) is 0 Å². The topological polar surface area (TPSA) is 65.7 Å². The number of carbonyl (C=O) groups is 1.